The Bertz CT molecular complexity index is 1060. The molecule has 1 aliphatic carbocycles. The van der Waals surface area contributed by atoms with Gasteiger partial charge in [-0.3, -0.25) is 19.7 Å². The number of benzene rings is 1. The van der Waals surface area contributed by atoms with E-state index in [0.717, 1.165) is 0 Å². The number of nitro groups is 1. The monoisotopic (exact) mass is 412 g/mol. The summed E-state index contributed by atoms with van der Waals surface area (Å²) in [5, 5.41) is 27.3. The van der Waals surface area contributed by atoms with Gasteiger partial charge in [0.15, 0.2) is 5.72 Å². The summed E-state index contributed by atoms with van der Waals surface area (Å²) in [6.45, 7) is 1.77. The number of carbonyl (C=O) groups excluding carboxylic acids is 2. The minimum Gasteiger partial charge on any atom is -0.396 e. The molecule has 10 nitrogen and oxygen atoms in total. The van der Waals surface area contributed by atoms with E-state index in [1.807, 2.05) is 4.90 Å². The number of ether oxygens (including phenoxy) is 1. The van der Waals surface area contributed by atoms with Crippen molar-refractivity contribution in [3.63, 3.8) is 0 Å². The number of methoxy groups -OCH3 is 1. The molecular formula is C20H20N4O6. The third-order valence-electron chi connectivity index (χ3n) is 6.57. The molecule has 4 aliphatic rings. The van der Waals surface area contributed by atoms with Crippen LogP contribution in [0.4, 0.5) is 11.4 Å². The smallest absolute Gasteiger partial charge is 0.269 e. The molecule has 4 atom stereocenters. The van der Waals surface area contributed by atoms with Crippen LogP contribution in [0.3, 0.4) is 0 Å². The van der Waals surface area contributed by atoms with E-state index in [-0.39, 0.29) is 52.8 Å². The first-order valence-electron chi connectivity index (χ1n) is 9.60. The van der Waals surface area contributed by atoms with E-state index in [1.165, 1.54) is 31.4 Å². The predicted molar refractivity (Wildman–Crippen MR) is 104 cm³/mol. The predicted octanol–water partition coefficient (Wildman–Crippen LogP) is 0.307. The number of anilines is 1. The average Bonchev–Trinajstić information content (AvgIpc) is 3.35. The molecule has 4 unspecified atom stereocenters. The van der Waals surface area contributed by atoms with Crippen LogP contribution in [0, 0.1) is 16.0 Å². The lowest BCUT2D eigenvalue weighted by atomic mass is 9.82. The maximum Gasteiger partial charge on any atom is 0.269 e. The van der Waals surface area contributed by atoms with Crippen LogP contribution < -0.4 is 10.6 Å². The number of nitrogens with zero attached hydrogens (tertiary/aromatic N) is 2. The number of hydrogen-bond donors (Lipinski definition) is 3. The van der Waals surface area contributed by atoms with Gasteiger partial charge in [-0.25, -0.2) is 0 Å². The highest BCUT2D eigenvalue weighted by Gasteiger charge is 2.72. The summed E-state index contributed by atoms with van der Waals surface area (Å²) in [5.41, 5.74) is 0.344. The second-order valence-corrected chi connectivity index (χ2v) is 7.90. The largest absolute Gasteiger partial charge is 0.396 e. The number of aliphatic hydroxyl groups is 1. The van der Waals surface area contributed by atoms with Gasteiger partial charge in [0.05, 0.1) is 34.9 Å². The first-order chi connectivity index (χ1) is 14.3. The van der Waals surface area contributed by atoms with Gasteiger partial charge >= 0.3 is 0 Å². The molecule has 0 radical (unpaired) electrons. The molecule has 5 rings (SSSR count). The van der Waals surface area contributed by atoms with E-state index in [9.17, 15) is 24.8 Å². The first kappa shape index (κ1) is 18.9. The van der Waals surface area contributed by atoms with Crippen LogP contribution in [0.15, 0.2) is 46.8 Å². The van der Waals surface area contributed by atoms with Gasteiger partial charge in [0.1, 0.15) is 0 Å². The van der Waals surface area contributed by atoms with Gasteiger partial charge < -0.3 is 25.4 Å². The number of allylic oxidation sites excluding steroid dienone is 2. The fraction of sp³-hybridized carbons (Fsp3) is 0.400. The SMILES string of the molecule is COC12C(CO)C3=C(C(=O)C(C)=C(Nc4ccc([N+](=O)[O-])cc4)C3=O)N1CC1NC12. The van der Waals surface area contributed by atoms with Gasteiger partial charge in [-0.05, 0) is 19.1 Å². The van der Waals surface area contributed by atoms with Gasteiger partial charge in [0, 0.05) is 48.7 Å². The summed E-state index contributed by atoms with van der Waals surface area (Å²) in [4.78, 5) is 38.9. The average molecular weight is 412 g/mol. The number of Topliss-reactive ketones (excluding diaryl/α,β-unsaturated/α-hetero) is 2. The molecule has 2 fully saturated rings. The van der Waals surface area contributed by atoms with Crippen molar-refractivity contribution in [2.45, 2.75) is 24.7 Å². The Morgan fingerprint density at radius 3 is 2.63 bits per heavy atom. The highest BCUT2D eigenvalue weighted by Crippen LogP contribution is 2.55. The third kappa shape index (κ3) is 2.23. The summed E-state index contributed by atoms with van der Waals surface area (Å²) in [6.07, 6.45) is 0. The zero-order valence-electron chi connectivity index (χ0n) is 16.3. The van der Waals surface area contributed by atoms with Crippen molar-refractivity contribution < 1.29 is 24.4 Å². The molecule has 1 aromatic carbocycles. The highest BCUT2D eigenvalue weighted by molar-refractivity contribution is 6.26. The highest BCUT2D eigenvalue weighted by atomic mass is 16.6. The van der Waals surface area contributed by atoms with Gasteiger partial charge in [0.2, 0.25) is 11.6 Å². The van der Waals surface area contributed by atoms with Crippen molar-refractivity contribution in [2.75, 3.05) is 25.6 Å². The van der Waals surface area contributed by atoms with Crippen LogP contribution in [0.5, 0.6) is 0 Å². The lowest BCUT2D eigenvalue weighted by Gasteiger charge is -2.39. The number of non-ortho nitro benzene ring substituents is 1. The summed E-state index contributed by atoms with van der Waals surface area (Å²) < 4.78 is 5.85. The van der Waals surface area contributed by atoms with Crippen LogP contribution in [-0.2, 0) is 14.3 Å². The quantitative estimate of drug-likeness (QED) is 0.269. The van der Waals surface area contributed by atoms with Gasteiger partial charge in [-0.1, -0.05) is 0 Å². The molecule has 3 heterocycles. The molecule has 3 aliphatic heterocycles. The van der Waals surface area contributed by atoms with Gasteiger partial charge in [-0.15, -0.1) is 0 Å². The molecule has 156 valence electrons. The van der Waals surface area contributed by atoms with Crippen molar-refractivity contribution in [3.8, 4) is 0 Å². The summed E-state index contributed by atoms with van der Waals surface area (Å²) in [7, 11) is 1.53. The molecule has 1 aromatic rings. The molecule has 0 amide bonds. The normalized spacial score (nSPS) is 31.7. The summed E-state index contributed by atoms with van der Waals surface area (Å²) >= 11 is 0. The maximum atomic E-state index is 13.5. The van der Waals surface area contributed by atoms with Gasteiger partial charge in [-0.2, -0.15) is 0 Å². The molecule has 0 bridgehead atoms. The molecule has 10 heteroatoms. The molecular weight excluding hydrogens is 392 g/mol. The third-order valence-corrected chi connectivity index (χ3v) is 6.57. The number of rotatable bonds is 5. The van der Waals surface area contributed by atoms with Crippen LogP contribution in [0.25, 0.3) is 0 Å². The van der Waals surface area contributed by atoms with Crippen molar-refractivity contribution in [2.24, 2.45) is 5.92 Å². The molecule has 0 spiro atoms. The number of hydrogen-bond acceptors (Lipinski definition) is 9. The molecule has 0 aromatic heterocycles. The Hall–Kier alpha value is -3.08. The second kappa shape index (κ2) is 6.21. The molecule has 3 N–H and O–H groups in total. The molecule has 2 saturated heterocycles. The zero-order valence-corrected chi connectivity index (χ0v) is 16.3. The van der Waals surface area contributed by atoms with E-state index in [1.54, 1.807) is 6.92 Å². The standard InChI is InChI=1S/C20H20N4O6/c1-9-15(21-10-3-5-11(6-4-10)24(28)29)18(27)14-12(8-25)20(30-2)19-13(22-19)7-23(20)16(14)17(9)26/h3-6,12-13,19,21-22,25H,7-8H2,1-2H3. The molecule has 30 heavy (non-hydrogen) atoms. The first-order valence-corrected chi connectivity index (χ1v) is 9.60. The summed E-state index contributed by atoms with van der Waals surface area (Å²) in [5.74, 6) is -1.32. The van der Waals surface area contributed by atoms with Crippen LogP contribution in [-0.4, -0.2) is 64.6 Å². The van der Waals surface area contributed by atoms with Crippen molar-refractivity contribution >= 4 is 22.9 Å². The number of piperazine rings is 1. The summed E-state index contributed by atoms with van der Waals surface area (Å²) in [6, 6.07) is 5.70. The number of carbonyl (C=O) groups is 2. The Labute approximate surface area is 171 Å². The van der Waals surface area contributed by atoms with Crippen LogP contribution in [0.1, 0.15) is 6.92 Å². The Balaban J connectivity index is 1.52. The van der Waals surface area contributed by atoms with Crippen LogP contribution >= 0.6 is 0 Å². The fourth-order valence-corrected chi connectivity index (χ4v) is 5.11. The van der Waals surface area contributed by atoms with Crippen molar-refractivity contribution in [1.82, 2.24) is 10.2 Å². The van der Waals surface area contributed by atoms with E-state index in [0.29, 0.717) is 17.9 Å². The van der Waals surface area contributed by atoms with Crippen molar-refractivity contribution in [3.05, 3.63) is 56.9 Å². The zero-order chi connectivity index (χ0) is 21.4. The van der Waals surface area contributed by atoms with E-state index in [2.05, 4.69) is 10.6 Å². The fourth-order valence-electron chi connectivity index (χ4n) is 5.11. The number of ketones is 2. The maximum absolute atomic E-state index is 13.5. The van der Waals surface area contributed by atoms with E-state index in [4.69, 9.17) is 4.74 Å². The Kier molecular flexibility index (Phi) is 3.91. The lowest BCUT2D eigenvalue weighted by molar-refractivity contribution is -0.384. The second-order valence-electron chi connectivity index (χ2n) is 7.90. The number of aliphatic hydroxyl groups excluding tert-OH is 1. The number of nitrogens with one attached hydrogen (secondary N) is 2. The minimum atomic E-state index is -0.960. The minimum absolute atomic E-state index is 0.0581. The number of nitro benzene ring substituents is 1. The Morgan fingerprint density at radius 1 is 1.33 bits per heavy atom. The lowest BCUT2D eigenvalue weighted by Crippen LogP contribution is -2.54. The van der Waals surface area contributed by atoms with E-state index >= 15 is 0 Å². The number of fused-ring (bicyclic) bond motifs is 4. The van der Waals surface area contributed by atoms with Crippen LogP contribution in [0.2, 0.25) is 0 Å². The van der Waals surface area contributed by atoms with Gasteiger partial charge in [0.25, 0.3) is 5.69 Å². The molecule has 0 saturated carbocycles. The topological polar surface area (TPSA) is 144 Å². The Morgan fingerprint density at radius 2 is 2.03 bits per heavy atom. The van der Waals surface area contributed by atoms with E-state index < -0.39 is 16.6 Å². The van der Waals surface area contributed by atoms with Crippen molar-refractivity contribution in [1.29, 1.82) is 0 Å².